The van der Waals surface area contributed by atoms with E-state index in [9.17, 15) is 9.46 Å². The zero-order chi connectivity index (χ0) is 26.8. The summed E-state index contributed by atoms with van der Waals surface area (Å²) in [4.78, 5) is 23.5. The molecule has 3 rings (SSSR count). The minimum Gasteiger partial charge on any atom is -0.413 e. The minimum atomic E-state index is -4.38. The van der Waals surface area contributed by atoms with E-state index in [0.29, 0.717) is 36.7 Å². The first-order chi connectivity index (χ1) is 17.8. The van der Waals surface area contributed by atoms with Crippen molar-refractivity contribution in [3.8, 4) is 5.75 Å². The Labute approximate surface area is 217 Å². The topological polar surface area (TPSA) is 147 Å². The van der Waals surface area contributed by atoms with E-state index in [-0.39, 0.29) is 18.6 Å². The highest BCUT2D eigenvalue weighted by atomic mass is 31.2. The lowest BCUT2D eigenvalue weighted by molar-refractivity contribution is -0.177. The summed E-state index contributed by atoms with van der Waals surface area (Å²) in [5.74, 6) is 0.558. The van der Waals surface area contributed by atoms with Gasteiger partial charge in [0.05, 0.1) is 25.0 Å². The number of imidazole rings is 1. The summed E-state index contributed by atoms with van der Waals surface area (Å²) in [5, 5.41) is 0. The third kappa shape index (κ3) is 7.94. The monoisotopic (exact) mass is 536 g/mol. The lowest BCUT2D eigenvalue weighted by atomic mass is 10.3. The Morgan fingerprint density at radius 1 is 1.05 bits per heavy atom. The number of para-hydroxylation sites is 1. The molecule has 1 unspecified atom stereocenters. The molecule has 0 aliphatic carbocycles. The number of nitrogen functional groups attached to an aromatic ring is 1. The maximum atomic E-state index is 13.5. The van der Waals surface area contributed by atoms with Crippen LogP contribution < -0.4 is 10.3 Å². The fourth-order valence-corrected chi connectivity index (χ4v) is 4.88. The highest BCUT2D eigenvalue weighted by Gasteiger charge is 2.40. The fourth-order valence-electron chi connectivity index (χ4n) is 3.59. The van der Waals surface area contributed by atoms with E-state index in [1.807, 2.05) is 20.8 Å². The summed E-state index contributed by atoms with van der Waals surface area (Å²) in [6, 6.07) is 7.82. The summed E-state index contributed by atoms with van der Waals surface area (Å²) in [6.07, 6.45) is 3.40. The van der Waals surface area contributed by atoms with Crippen LogP contribution in [0.15, 0.2) is 43.0 Å². The minimum absolute atomic E-state index is 0.214. The zero-order valence-electron chi connectivity index (χ0n) is 21.8. The normalized spacial score (nSPS) is 15.2. The highest BCUT2D eigenvalue weighted by Crippen LogP contribution is 2.48. The van der Waals surface area contributed by atoms with Gasteiger partial charge in [-0.25, -0.2) is 19.5 Å². The predicted molar refractivity (Wildman–Crippen MR) is 140 cm³/mol. The van der Waals surface area contributed by atoms with Gasteiger partial charge in [0.15, 0.2) is 17.8 Å². The summed E-state index contributed by atoms with van der Waals surface area (Å²) >= 11 is 0. The summed E-state index contributed by atoms with van der Waals surface area (Å²) < 4.78 is 40.0. The van der Waals surface area contributed by atoms with Crippen molar-refractivity contribution >= 4 is 24.7 Å². The van der Waals surface area contributed by atoms with Crippen LogP contribution in [-0.4, -0.2) is 67.5 Å². The van der Waals surface area contributed by atoms with Gasteiger partial charge in [0.1, 0.15) is 24.3 Å². The number of nitrogens with two attached hydrogens (primary N) is 1. The van der Waals surface area contributed by atoms with Crippen molar-refractivity contribution < 1.29 is 28.2 Å². The second kappa shape index (κ2) is 13.8. The van der Waals surface area contributed by atoms with Crippen LogP contribution in [0.25, 0.3) is 11.2 Å². The van der Waals surface area contributed by atoms with E-state index in [2.05, 4.69) is 15.0 Å². The number of fused-ring (bicyclic) bond motifs is 1. The van der Waals surface area contributed by atoms with Crippen LogP contribution in [0.3, 0.4) is 0 Å². The maximum Gasteiger partial charge on any atom is 0.461 e. The van der Waals surface area contributed by atoms with Gasteiger partial charge >= 0.3 is 7.75 Å². The molecule has 3 N–H and O–H groups in total. The third-order valence-electron chi connectivity index (χ3n) is 5.50. The molecule has 0 aliphatic rings. The lowest BCUT2D eigenvalue weighted by Crippen LogP contribution is -2.45. The van der Waals surface area contributed by atoms with Gasteiger partial charge in [-0.3, -0.25) is 0 Å². The number of benzene rings is 1. The van der Waals surface area contributed by atoms with Gasteiger partial charge in [0, 0.05) is 13.2 Å². The number of nitrogens with zero attached hydrogens (tertiary/aromatic N) is 5. The highest BCUT2D eigenvalue weighted by molar-refractivity contribution is 7.50. The molecule has 0 fully saturated rings. The number of ether oxygens (including phenoxy) is 3. The Balaban J connectivity index is 1.78. The Morgan fingerprint density at radius 3 is 2.38 bits per heavy atom. The van der Waals surface area contributed by atoms with Crippen LogP contribution in [0, 0.1) is 0 Å². The van der Waals surface area contributed by atoms with Crippen molar-refractivity contribution in [2.24, 2.45) is 0 Å². The van der Waals surface area contributed by atoms with Crippen LogP contribution in [0.4, 0.5) is 5.82 Å². The quantitative estimate of drug-likeness (QED) is 0.203. The predicted octanol–water partition coefficient (Wildman–Crippen LogP) is 3.82. The second-order valence-electron chi connectivity index (χ2n) is 8.62. The van der Waals surface area contributed by atoms with Crippen molar-refractivity contribution in [3.05, 3.63) is 43.0 Å². The molecular weight excluding hydrogens is 499 g/mol. The molecule has 0 spiro atoms. The van der Waals surface area contributed by atoms with Crippen molar-refractivity contribution in [1.82, 2.24) is 24.2 Å². The van der Waals surface area contributed by atoms with Crippen LogP contribution in [-0.2, 0) is 25.3 Å². The molecule has 0 saturated carbocycles. The Bertz CT molecular complexity index is 1140. The van der Waals surface area contributed by atoms with Gasteiger partial charge in [-0.2, -0.15) is 4.67 Å². The molecule has 0 saturated heterocycles. The van der Waals surface area contributed by atoms with E-state index in [4.69, 9.17) is 24.5 Å². The number of aromatic nitrogens is 4. The number of hydrogen-bond donors (Lipinski definition) is 2. The van der Waals surface area contributed by atoms with Crippen LogP contribution >= 0.6 is 7.75 Å². The van der Waals surface area contributed by atoms with Crippen molar-refractivity contribution in [1.29, 1.82) is 0 Å². The van der Waals surface area contributed by atoms with Crippen molar-refractivity contribution in [2.75, 3.05) is 25.7 Å². The van der Waals surface area contributed by atoms with Crippen LogP contribution in [0.2, 0.25) is 0 Å². The molecule has 13 heteroatoms. The third-order valence-corrected chi connectivity index (χ3v) is 7.08. The molecule has 1 aromatic carbocycles. The molecule has 0 amide bonds. The Hall–Kier alpha value is -2.60. The van der Waals surface area contributed by atoms with Crippen LogP contribution in [0.1, 0.15) is 40.5 Å². The van der Waals surface area contributed by atoms with Crippen molar-refractivity contribution in [3.63, 3.8) is 0 Å². The van der Waals surface area contributed by atoms with Gasteiger partial charge < -0.3 is 33.9 Å². The van der Waals surface area contributed by atoms with E-state index >= 15 is 0 Å². The Kier molecular flexibility index (Phi) is 10.8. The molecule has 0 radical (unpaired) electrons. The Morgan fingerprint density at radius 2 is 1.73 bits per heavy atom. The fraction of sp³-hybridized carbons (Fsp3) is 0.542. The molecule has 2 aromatic heterocycles. The smallest absolute Gasteiger partial charge is 0.413 e. The molecule has 0 bridgehead atoms. The molecule has 37 heavy (non-hydrogen) atoms. The van der Waals surface area contributed by atoms with Crippen LogP contribution in [0.5, 0.6) is 5.75 Å². The first-order valence-electron chi connectivity index (χ1n) is 12.4. The van der Waals surface area contributed by atoms with Crippen molar-refractivity contribution in [2.45, 2.75) is 65.5 Å². The average molecular weight is 537 g/mol. The van der Waals surface area contributed by atoms with Gasteiger partial charge in [0.2, 0.25) is 0 Å². The molecule has 3 atom stereocenters. The summed E-state index contributed by atoms with van der Waals surface area (Å²) in [5.41, 5.74) is 6.96. The maximum absolute atomic E-state index is 13.5. The summed E-state index contributed by atoms with van der Waals surface area (Å²) in [6.45, 7) is 8.62. The lowest BCUT2D eigenvalue weighted by Gasteiger charge is -2.36. The van der Waals surface area contributed by atoms with E-state index in [0.717, 1.165) is 12.8 Å². The summed E-state index contributed by atoms with van der Waals surface area (Å²) in [7, 11) is -4.38. The van der Waals surface area contributed by atoms with Gasteiger partial charge in [-0.1, -0.05) is 32.0 Å². The SMILES string of the molecule is CCCOC(OCCC)[C@H](C)N(CO[C@H](C)Cn1cnc2c(N)ncnc21)P(=O)(O)Oc1ccccc1. The molecule has 2 heterocycles. The average Bonchev–Trinajstić information content (AvgIpc) is 3.28. The van der Waals surface area contributed by atoms with Gasteiger partial charge in [-0.15, -0.1) is 0 Å². The molecule has 204 valence electrons. The number of rotatable bonds is 16. The largest absolute Gasteiger partial charge is 0.461 e. The van der Waals surface area contributed by atoms with Gasteiger partial charge in [0.25, 0.3) is 0 Å². The molecule has 0 aliphatic heterocycles. The first kappa shape index (κ1) is 29.0. The molecular formula is C24H37N6O6P. The van der Waals surface area contributed by atoms with E-state index in [1.165, 1.54) is 11.0 Å². The number of hydrogen-bond acceptors (Lipinski definition) is 9. The van der Waals surface area contributed by atoms with E-state index < -0.39 is 20.1 Å². The molecule has 3 aromatic rings. The zero-order valence-corrected chi connectivity index (χ0v) is 22.7. The molecule has 12 nitrogen and oxygen atoms in total. The second-order valence-corrected chi connectivity index (χ2v) is 10.3. The van der Waals surface area contributed by atoms with E-state index in [1.54, 1.807) is 48.1 Å². The standard InChI is InChI=1S/C24H37N6O6P/c1-5-12-33-24(34-13-6-2)19(4)30(37(31,32)36-20-10-8-7-9-11-20)17-35-18(3)14-29-16-28-21-22(25)26-15-27-23(21)29/h7-11,15-16,18-19,24H,5-6,12-14,17H2,1-4H3,(H,31,32)(H2,25,26,27)/t18-,19+/m1/s1. The van der Waals surface area contributed by atoms with Gasteiger partial charge in [-0.05, 0) is 38.8 Å². The number of anilines is 1. The first-order valence-corrected chi connectivity index (χ1v) is 13.9.